The topological polar surface area (TPSA) is 108 Å². The molecular weight excluding hydrogens is 364 g/mol. The summed E-state index contributed by atoms with van der Waals surface area (Å²) in [7, 11) is 0. The number of nitro benzene ring substituents is 1. The Balaban J connectivity index is 1.86. The zero-order valence-corrected chi connectivity index (χ0v) is 15.5. The maximum Gasteiger partial charge on any atom is 0.331 e. The van der Waals surface area contributed by atoms with E-state index < -0.39 is 23.4 Å². The molecule has 8 heteroatoms. The molecule has 1 N–H and O–H groups in total. The molecule has 0 aromatic heterocycles. The van der Waals surface area contributed by atoms with E-state index in [1.165, 1.54) is 24.3 Å². The van der Waals surface area contributed by atoms with Gasteiger partial charge in [0.2, 0.25) is 0 Å². The number of hydrogen-bond acceptors (Lipinski definition) is 6. The van der Waals surface area contributed by atoms with Crippen LogP contribution in [0.1, 0.15) is 18.1 Å². The number of esters is 1. The van der Waals surface area contributed by atoms with Gasteiger partial charge in [0.25, 0.3) is 11.6 Å². The van der Waals surface area contributed by atoms with E-state index in [-0.39, 0.29) is 5.69 Å². The minimum atomic E-state index is -0.681. The number of hydrogen-bond donors (Lipinski definition) is 1. The quantitative estimate of drug-likeness (QED) is 0.323. The zero-order valence-electron chi connectivity index (χ0n) is 15.5. The van der Waals surface area contributed by atoms with Crippen molar-refractivity contribution in [3.8, 4) is 5.75 Å². The molecule has 0 heterocycles. The van der Waals surface area contributed by atoms with Crippen LogP contribution in [0.4, 0.5) is 11.4 Å². The third-order valence-corrected chi connectivity index (χ3v) is 3.65. The third kappa shape index (κ3) is 6.24. The van der Waals surface area contributed by atoms with Gasteiger partial charge in [-0.1, -0.05) is 18.2 Å². The molecule has 0 bridgehead atoms. The second-order valence-corrected chi connectivity index (χ2v) is 5.75. The summed E-state index contributed by atoms with van der Waals surface area (Å²) in [6.45, 7) is 3.65. The molecule has 0 saturated carbocycles. The van der Waals surface area contributed by atoms with Gasteiger partial charge < -0.3 is 14.8 Å². The molecule has 0 aliphatic rings. The lowest BCUT2D eigenvalue weighted by Crippen LogP contribution is -2.20. The van der Waals surface area contributed by atoms with E-state index in [0.29, 0.717) is 17.9 Å². The Bertz CT molecular complexity index is 890. The lowest BCUT2D eigenvalue weighted by molar-refractivity contribution is -0.384. The first-order valence-electron chi connectivity index (χ1n) is 8.51. The van der Waals surface area contributed by atoms with Gasteiger partial charge in [-0.3, -0.25) is 14.9 Å². The average Bonchev–Trinajstić information content (AvgIpc) is 2.67. The lowest BCUT2D eigenvalue weighted by Gasteiger charge is -2.08. The number of non-ortho nitro benzene ring substituents is 1. The third-order valence-electron chi connectivity index (χ3n) is 3.65. The summed E-state index contributed by atoms with van der Waals surface area (Å²) in [6, 6.07) is 11.3. The van der Waals surface area contributed by atoms with Crippen LogP contribution in [-0.4, -0.2) is 30.0 Å². The van der Waals surface area contributed by atoms with Crippen molar-refractivity contribution in [1.82, 2.24) is 0 Å². The van der Waals surface area contributed by atoms with Crippen LogP contribution < -0.4 is 10.1 Å². The van der Waals surface area contributed by atoms with Crippen LogP contribution >= 0.6 is 0 Å². The highest BCUT2D eigenvalue weighted by molar-refractivity contribution is 5.95. The summed E-state index contributed by atoms with van der Waals surface area (Å²) in [5.74, 6) is -0.540. The molecular formula is C20H20N2O6. The SMILES string of the molecule is CCOc1ccc(/C=C/C(=O)OCC(=O)Nc2cc([N+](=O)[O-])ccc2C)cc1. The van der Waals surface area contributed by atoms with Crippen molar-refractivity contribution >= 4 is 29.3 Å². The van der Waals surface area contributed by atoms with E-state index in [9.17, 15) is 19.7 Å². The number of rotatable bonds is 8. The van der Waals surface area contributed by atoms with Crippen molar-refractivity contribution in [2.75, 3.05) is 18.5 Å². The van der Waals surface area contributed by atoms with Gasteiger partial charge in [0.1, 0.15) is 5.75 Å². The number of nitrogens with zero attached hydrogens (tertiary/aromatic N) is 1. The predicted octanol–water partition coefficient (Wildman–Crippen LogP) is 3.50. The monoisotopic (exact) mass is 384 g/mol. The first-order valence-corrected chi connectivity index (χ1v) is 8.51. The number of amides is 1. The van der Waals surface area contributed by atoms with E-state index in [4.69, 9.17) is 9.47 Å². The zero-order chi connectivity index (χ0) is 20.5. The average molecular weight is 384 g/mol. The Hall–Kier alpha value is -3.68. The number of nitrogens with one attached hydrogen (secondary N) is 1. The molecule has 2 rings (SSSR count). The van der Waals surface area contributed by atoms with Crippen molar-refractivity contribution < 1.29 is 24.0 Å². The molecule has 0 aliphatic heterocycles. The Labute approximate surface area is 161 Å². The number of carbonyl (C=O) groups is 2. The molecule has 0 aliphatic carbocycles. The molecule has 0 radical (unpaired) electrons. The maximum absolute atomic E-state index is 11.9. The van der Waals surface area contributed by atoms with Gasteiger partial charge in [0.05, 0.1) is 17.2 Å². The summed E-state index contributed by atoms with van der Waals surface area (Å²) in [5.41, 5.74) is 1.58. The van der Waals surface area contributed by atoms with Crippen LogP contribution in [0, 0.1) is 17.0 Å². The summed E-state index contributed by atoms with van der Waals surface area (Å²) in [4.78, 5) is 33.9. The van der Waals surface area contributed by atoms with Gasteiger partial charge in [-0.2, -0.15) is 0 Å². The van der Waals surface area contributed by atoms with E-state index >= 15 is 0 Å². The number of ether oxygens (including phenoxy) is 2. The van der Waals surface area contributed by atoms with E-state index in [2.05, 4.69) is 5.32 Å². The van der Waals surface area contributed by atoms with Crippen LogP contribution in [-0.2, 0) is 14.3 Å². The van der Waals surface area contributed by atoms with Crippen molar-refractivity contribution in [3.63, 3.8) is 0 Å². The number of benzene rings is 2. The Morgan fingerprint density at radius 1 is 1.18 bits per heavy atom. The molecule has 0 saturated heterocycles. The molecule has 0 fully saturated rings. The van der Waals surface area contributed by atoms with E-state index in [1.54, 1.807) is 37.3 Å². The van der Waals surface area contributed by atoms with Crippen molar-refractivity contribution in [3.05, 3.63) is 69.8 Å². The maximum atomic E-state index is 11.9. The smallest absolute Gasteiger partial charge is 0.331 e. The fourth-order valence-corrected chi connectivity index (χ4v) is 2.24. The molecule has 2 aromatic carbocycles. The minimum absolute atomic E-state index is 0.142. The van der Waals surface area contributed by atoms with E-state index in [1.807, 2.05) is 6.92 Å². The fraction of sp³-hybridized carbons (Fsp3) is 0.200. The normalized spacial score (nSPS) is 10.5. The summed E-state index contributed by atoms with van der Waals surface area (Å²) < 4.78 is 10.2. The van der Waals surface area contributed by atoms with Gasteiger partial charge in [0.15, 0.2) is 6.61 Å². The van der Waals surface area contributed by atoms with Crippen LogP contribution in [0.15, 0.2) is 48.5 Å². The molecule has 0 spiro atoms. The summed E-state index contributed by atoms with van der Waals surface area (Å²) in [6.07, 6.45) is 2.77. The second-order valence-electron chi connectivity index (χ2n) is 5.75. The molecule has 8 nitrogen and oxygen atoms in total. The largest absolute Gasteiger partial charge is 0.494 e. The van der Waals surface area contributed by atoms with Gasteiger partial charge in [-0.25, -0.2) is 4.79 Å². The number of aryl methyl sites for hydroxylation is 1. The molecule has 0 unspecified atom stereocenters. The van der Waals surface area contributed by atoms with Gasteiger partial charge >= 0.3 is 5.97 Å². The van der Waals surface area contributed by atoms with Crippen LogP contribution in [0.3, 0.4) is 0 Å². The highest BCUT2D eigenvalue weighted by Crippen LogP contribution is 2.21. The Morgan fingerprint density at radius 3 is 2.54 bits per heavy atom. The van der Waals surface area contributed by atoms with E-state index in [0.717, 1.165) is 11.3 Å². The molecule has 1 amide bonds. The molecule has 2 aromatic rings. The van der Waals surface area contributed by atoms with Crippen molar-refractivity contribution in [2.45, 2.75) is 13.8 Å². The standard InChI is InChI=1S/C20H20N2O6/c1-3-27-17-9-5-15(6-10-17)7-11-20(24)28-13-19(23)21-18-12-16(22(25)26)8-4-14(18)2/h4-12H,3,13H2,1-2H3,(H,21,23)/b11-7+. The van der Waals surface area contributed by atoms with Gasteiger partial charge in [0, 0.05) is 18.2 Å². The van der Waals surface area contributed by atoms with Crippen molar-refractivity contribution in [1.29, 1.82) is 0 Å². The highest BCUT2D eigenvalue weighted by Gasteiger charge is 2.12. The Kier molecular flexibility index (Phi) is 7.27. The van der Waals surface area contributed by atoms with Crippen LogP contribution in [0.2, 0.25) is 0 Å². The number of nitro groups is 1. The van der Waals surface area contributed by atoms with Crippen LogP contribution in [0.5, 0.6) is 5.75 Å². The second kappa shape index (κ2) is 9.86. The minimum Gasteiger partial charge on any atom is -0.494 e. The predicted molar refractivity (Wildman–Crippen MR) is 104 cm³/mol. The molecule has 28 heavy (non-hydrogen) atoms. The summed E-state index contributed by atoms with van der Waals surface area (Å²) >= 11 is 0. The molecule has 0 atom stereocenters. The first kappa shape index (κ1) is 20.6. The number of carbonyl (C=O) groups excluding carboxylic acids is 2. The van der Waals surface area contributed by atoms with Gasteiger partial charge in [-0.15, -0.1) is 0 Å². The highest BCUT2D eigenvalue weighted by atomic mass is 16.6. The first-order chi connectivity index (χ1) is 13.4. The fourth-order valence-electron chi connectivity index (χ4n) is 2.24. The van der Waals surface area contributed by atoms with Crippen molar-refractivity contribution in [2.24, 2.45) is 0 Å². The molecule has 146 valence electrons. The lowest BCUT2D eigenvalue weighted by atomic mass is 10.2. The Morgan fingerprint density at radius 2 is 1.89 bits per heavy atom. The summed E-state index contributed by atoms with van der Waals surface area (Å²) in [5, 5.41) is 13.3. The van der Waals surface area contributed by atoms with Gasteiger partial charge in [-0.05, 0) is 43.2 Å². The number of anilines is 1. The van der Waals surface area contributed by atoms with Crippen LogP contribution in [0.25, 0.3) is 6.08 Å².